The predicted molar refractivity (Wildman–Crippen MR) is 63.5 cm³/mol. The lowest BCUT2D eigenvalue weighted by Crippen LogP contribution is -2.43. The van der Waals surface area contributed by atoms with Gasteiger partial charge in [-0.1, -0.05) is 12.1 Å². The molecule has 2 N–H and O–H groups in total. The zero-order valence-corrected chi connectivity index (χ0v) is 9.90. The lowest BCUT2D eigenvalue weighted by Gasteiger charge is -2.21. The van der Waals surface area contributed by atoms with E-state index in [4.69, 9.17) is 9.84 Å². The molecule has 0 radical (unpaired) electrons. The second-order valence-electron chi connectivity index (χ2n) is 4.53. The number of hydrogen-bond donors (Lipinski definition) is 2. The van der Waals surface area contributed by atoms with Gasteiger partial charge in [-0.05, 0) is 37.5 Å². The van der Waals surface area contributed by atoms with Crippen molar-refractivity contribution in [1.29, 1.82) is 0 Å². The lowest BCUT2D eigenvalue weighted by atomic mass is 10.0. The number of rotatable bonds is 3. The van der Waals surface area contributed by atoms with Crippen molar-refractivity contribution in [2.45, 2.75) is 31.9 Å². The molecule has 0 aliphatic carbocycles. The van der Waals surface area contributed by atoms with E-state index in [0.717, 1.165) is 18.4 Å². The molecule has 0 spiro atoms. The minimum atomic E-state index is -0.670. The molecule has 1 fully saturated rings. The van der Waals surface area contributed by atoms with E-state index in [9.17, 15) is 4.79 Å². The lowest BCUT2D eigenvalue weighted by molar-refractivity contribution is -0.139. The number of phenols is 1. The predicted octanol–water partition coefficient (Wildman–Crippen LogP) is 1.58. The SMILES string of the molecule is CC1(C(=O)NCc2ccc(O)cc2)CCCO1. The minimum absolute atomic E-state index is 0.0666. The molecule has 4 heteroatoms. The van der Waals surface area contributed by atoms with Gasteiger partial charge in [0.05, 0.1) is 0 Å². The topological polar surface area (TPSA) is 58.6 Å². The quantitative estimate of drug-likeness (QED) is 0.836. The highest BCUT2D eigenvalue weighted by Gasteiger charge is 2.37. The van der Waals surface area contributed by atoms with Gasteiger partial charge in [-0.3, -0.25) is 4.79 Å². The Morgan fingerprint density at radius 1 is 1.47 bits per heavy atom. The third-order valence-electron chi connectivity index (χ3n) is 3.09. The van der Waals surface area contributed by atoms with Gasteiger partial charge in [0.15, 0.2) is 0 Å². The van der Waals surface area contributed by atoms with Crippen LogP contribution in [0.15, 0.2) is 24.3 Å². The standard InChI is InChI=1S/C13H17NO3/c1-13(7-2-8-17-13)12(16)14-9-10-3-5-11(15)6-4-10/h3-6,15H,2,7-9H2,1H3,(H,14,16). The van der Waals surface area contributed by atoms with Crippen molar-refractivity contribution in [1.82, 2.24) is 5.32 Å². The Kier molecular flexibility index (Phi) is 3.33. The first-order valence-electron chi connectivity index (χ1n) is 5.80. The highest BCUT2D eigenvalue weighted by Crippen LogP contribution is 2.25. The average molecular weight is 235 g/mol. The largest absolute Gasteiger partial charge is 0.508 e. The maximum Gasteiger partial charge on any atom is 0.252 e. The molecular weight excluding hydrogens is 218 g/mol. The highest BCUT2D eigenvalue weighted by molar-refractivity contribution is 5.84. The molecule has 1 atom stereocenters. The van der Waals surface area contributed by atoms with Crippen molar-refractivity contribution in [3.05, 3.63) is 29.8 Å². The first-order chi connectivity index (χ1) is 8.10. The summed E-state index contributed by atoms with van der Waals surface area (Å²) in [5.41, 5.74) is 0.287. The van der Waals surface area contributed by atoms with Crippen LogP contribution in [0.25, 0.3) is 0 Å². The van der Waals surface area contributed by atoms with Gasteiger partial charge in [0.2, 0.25) is 0 Å². The van der Waals surface area contributed by atoms with E-state index in [-0.39, 0.29) is 11.7 Å². The number of phenolic OH excluding ortho intramolecular Hbond substituents is 1. The normalized spacial score (nSPS) is 23.6. The van der Waals surface area contributed by atoms with Crippen molar-refractivity contribution < 1.29 is 14.6 Å². The third-order valence-corrected chi connectivity index (χ3v) is 3.09. The van der Waals surface area contributed by atoms with E-state index in [1.807, 2.05) is 6.92 Å². The summed E-state index contributed by atoms with van der Waals surface area (Å²) in [6.07, 6.45) is 1.71. The monoisotopic (exact) mass is 235 g/mol. The van der Waals surface area contributed by atoms with E-state index >= 15 is 0 Å². The van der Waals surface area contributed by atoms with Gasteiger partial charge in [0.25, 0.3) is 5.91 Å². The Labute approximate surface area is 101 Å². The smallest absolute Gasteiger partial charge is 0.252 e. The van der Waals surface area contributed by atoms with Crippen LogP contribution < -0.4 is 5.32 Å². The molecule has 0 aromatic heterocycles. The number of carbonyl (C=O) groups excluding carboxylic acids is 1. The van der Waals surface area contributed by atoms with Crippen LogP contribution in [0.5, 0.6) is 5.75 Å². The third kappa shape index (κ3) is 2.77. The Balaban J connectivity index is 1.89. The molecule has 17 heavy (non-hydrogen) atoms. The summed E-state index contributed by atoms with van der Waals surface area (Å²) in [7, 11) is 0. The molecule has 2 rings (SSSR count). The number of benzene rings is 1. The molecule has 1 aliphatic rings. The molecule has 1 aromatic rings. The Morgan fingerprint density at radius 3 is 2.76 bits per heavy atom. The number of amides is 1. The minimum Gasteiger partial charge on any atom is -0.508 e. The van der Waals surface area contributed by atoms with Crippen LogP contribution in [-0.4, -0.2) is 23.2 Å². The number of carbonyl (C=O) groups is 1. The van der Waals surface area contributed by atoms with Gasteiger partial charge in [0, 0.05) is 13.2 Å². The van der Waals surface area contributed by atoms with Crippen LogP contribution in [0.4, 0.5) is 0 Å². The van der Waals surface area contributed by atoms with Crippen LogP contribution >= 0.6 is 0 Å². The molecule has 4 nitrogen and oxygen atoms in total. The van der Waals surface area contributed by atoms with E-state index < -0.39 is 5.60 Å². The average Bonchev–Trinajstić information content (AvgIpc) is 2.76. The second-order valence-corrected chi connectivity index (χ2v) is 4.53. The van der Waals surface area contributed by atoms with E-state index in [0.29, 0.717) is 13.2 Å². The van der Waals surface area contributed by atoms with Crippen molar-refractivity contribution in [3.8, 4) is 5.75 Å². The summed E-state index contributed by atoms with van der Waals surface area (Å²) >= 11 is 0. The van der Waals surface area contributed by atoms with Crippen LogP contribution in [0.2, 0.25) is 0 Å². The fraction of sp³-hybridized carbons (Fsp3) is 0.462. The number of hydrogen-bond acceptors (Lipinski definition) is 3. The van der Waals surface area contributed by atoms with Gasteiger partial charge >= 0.3 is 0 Å². The maximum atomic E-state index is 11.9. The summed E-state index contributed by atoms with van der Waals surface area (Å²) in [6.45, 7) is 2.94. The molecular formula is C13H17NO3. The summed E-state index contributed by atoms with van der Waals surface area (Å²) in [5, 5.41) is 12.0. The van der Waals surface area contributed by atoms with Crippen LogP contribution in [0.1, 0.15) is 25.3 Å². The molecule has 0 saturated carbocycles. The summed E-state index contributed by atoms with van der Waals surface area (Å²) in [5.74, 6) is 0.161. The van der Waals surface area contributed by atoms with E-state index in [1.54, 1.807) is 24.3 Å². The van der Waals surface area contributed by atoms with Crippen LogP contribution in [0, 0.1) is 0 Å². The molecule has 92 valence electrons. The van der Waals surface area contributed by atoms with E-state index in [2.05, 4.69) is 5.32 Å². The fourth-order valence-corrected chi connectivity index (χ4v) is 1.94. The number of nitrogens with one attached hydrogen (secondary N) is 1. The van der Waals surface area contributed by atoms with Crippen LogP contribution in [0.3, 0.4) is 0 Å². The molecule has 1 saturated heterocycles. The van der Waals surface area contributed by atoms with Crippen molar-refractivity contribution in [2.24, 2.45) is 0 Å². The van der Waals surface area contributed by atoms with Gasteiger partial charge in [-0.25, -0.2) is 0 Å². The van der Waals surface area contributed by atoms with Crippen molar-refractivity contribution >= 4 is 5.91 Å². The zero-order valence-electron chi connectivity index (χ0n) is 9.90. The zero-order chi connectivity index (χ0) is 12.3. The first kappa shape index (κ1) is 11.9. The summed E-state index contributed by atoms with van der Waals surface area (Å²) in [4.78, 5) is 11.9. The first-order valence-corrected chi connectivity index (χ1v) is 5.80. The van der Waals surface area contributed by atoms with E-state index in [1.165, 1.54) is 0 Å². The summed E-state index contributed by atoms with van der Waals surface area (Å²) in [6, 6.07) is 6.78. The summed E-state index contributed by atoms with van der Waals surface area (Å²) < 4.78 is 5.46. The van der Waals surface area contributed by atoms with Crippen molar-refractivity contribution in [3.63, 3.8) is 0 Å². The molecule has 1 amide bonds. The van der Waals surface area contributed by atoms with Gasteiger partial charge in [-0.15, -0.1) is 0 Å². The molecule has 1 heterocycles. The van der Waals surface area contributed by atoms with Gasteiger partial charge in [-0.2, -0.15) is 0 Å². The maximum absolute atomic E-state index is 11.9. The Hall–Kier alpha value is -1.55. The highest BCUT2D eigenvalue weighted by atomic mass is 16.5. The van der Waals surface area contributed by atoms with Gasteiger partial charge < -0.3 is 15.2 Å². The number of ether oxygens (including phenoxy) is 1. The fourth-order valence-electron chi connectivity index (χ4n) is 1.94. The number of aromatic hydroxyl groups is 1. The second kappa shape index (κ2) is 4.75. The van der Waals surface area contributed by atoms with Gasteiger partial charge in [0.1, 0.15) is 11.4 Å². The Morgan fingerprint density at radius 2 is 2.18 bits per heavy atom. The molecule has 1 aliphatic heterocycles. The molecule has 1 unspecified atom stereocenters. The Bertz CT molecular complexity index is 394. The van der Waals surface area contributed by atoms with Crippen molar-refractivity contribution in [2.75, 3.05) is 6.61 Å². The molecule has 0 bridgehead atoms. The molecule has 1 aromatic carbocycles. The van der Waals surface area contributed by atoms with Crippen LogP contribution in [-0.2, 0) is 16.1 Å².